The molecular formula is C21H32O2. The lowest BCUT2D eigenvalue weighted by atomic mass is 9.44. The molecule has 0 radical (unpaired) electrons. The second-order valence-electron chi connectivity index (χ2n) is 9.45. The molecule has 4 aliphatic carbocycles. The van der Waals surface area contributed by atoms with Crippen LogP contribution in [-0.2, 0) is 4.79 Å². The highest BCUT2D eigenvalue weighted by atomic mass is 16.3. The molecule has 0 saturated heterocycles. The fraction of sp³-hybridized carbons (Fsp3) is 0.857. The van der Waals surface area contributed by atoms with E-state index in [0.29, 0.717) is 17.1 Å². The summed E-state index contributed by atoms with van der Waals surface area (Å²) >= 11 is 0. The van der Waals surface area contributed by atoms with E-state index in [4.69, 9.17) is 0 Å². The van der Waals surface area contributed by atoms with E-state index in [1.165, 1.54) is 32.1 Å². The van der Waals surface area contributed by atoms with Gasteiger partial charge in [0, 0.05) is 0 Å². The second-order valence-corrected chi connectivity index (χ2v) is 9.45. The first-order valence-corrected chi connectivity index (χ1v) is 9.76. The van der Waals surface area contributed by atoms with E-state index in [9.17, 15) is 9.90 Å². The molecule has 3 saturated carbocycles. The first-order chi connectivity index (χ1) is 10.9. The summed E-state index contributed by atoms with van der Waals surface area (Å²) in [5.74, 6) is 3.31. The summed E-state index contributed by atoms with van der Waals surface area (Å²) in [7, 11) is 0. The van der Waals surface area contributed by atoms with Crippen LogP contribution in [-0.4, -0.2) is 17.0 Å². The van der Waals surface area contributed by atoms with Gasteiger partial charge >= 0.3 is 0 Å². The van der Waals surface area contributed by atoms with Gasteiger partial charge in [0.1, 0.15) is 0 Å². The predicted octanol–water partition coefficient (Wildman–Crippen LogP) is 4.52. The summed E-state index contributed by atoms with van der Waals surface area (Å²) in [6.45, 7) is 6.65. The van der Waals surface area contributed by atoms with Crippen molar-refractivity contribution in [2.24, 2.45) is 34.5 Å². The number of carbonyl (C=O) groups excluding carboxylic acids is 1. The lowest BCUT2D eigenvalue weighted by Gasteiger charge is -2.60. The third kappa shape index (κ3) is 2.13. The highest BCUT2D eigenvalue weighted by Crippen LogP contribution is 2.66. The Bertz CT molecular complexity index is 550. The van der Waals surface area contributed by atoms with Crippen LogP contribution in [0.2, 0.25) is 0 Å². The molecule has 2 nitrogen and oxygen atoms in total. The van der Waals surface area contributed by atoms with E-state index in [1.807, 2.05) is 0 Å². The van der Waals surface area contributed by atoms with Crippen LogP contribution in [0.15, 0.2) is 11.6 Å². The molecule has 0 heterocycles. The van der Waals surface area contributed by atoms with Crippen molar-refractivity contribution in [3.63, 3.8) is 0 Å². The lowest BCUT2D eigenvalue weighted by Crippen LogP contribution is -2.53. The van der Waals surface area contributed by atoms with Crippen molar-refractivity contribution in [3.05, 3.63) is 11.6 Å². The lowest BCUT2D eigenvalue weighted by molar-refractivity contribution is -0.124. The van der Waals surface area contributed by atoms with E-state index in [0.717, 1.165) is 42.6 Å². The van der Waals surface area contributed by atoms with Crippen LogP contribution in [0, 0.1) is 34.5 Å². The molecule has 0 aromatic carbocycles. The molecule has 23 heavy (non-hydrogen) atoms. The zero-order chi connectivity index (χ0) is 16.4. The number of hydrogen-bond donors (Lipinski definition) is 1. The maximum absolute atomic E-state index is 12.1. The van der Waals surface area contributed by atoms with Gasteiger partial charge in [-0.25, -0.2) is 0 Å². The van der Waals surface area contributed by atoms with Gasteiger partial charge in [0.2, 0.25) is 0 Å². The van der Waals surface area contributed by atoms with Crippen LogP contribution < -0.4 is 0 Å². The number of fused-ring (bicyclic) bond motifs is 5. The number of ketones is 1. The molecular weight excluding hydrogens is 284 g/mol. The molecule has 0 aliphatic heterocycles. The van der Waals surface area contributed by atoms with Crippen LogP contribution in [0.1, 0.15) is 72.1 Å². The normalized spacial score (nSPS) is 52.2. The van der Waals surface area contributed by atoms with Crippen molar-refractivity contribution in [1.82, 2.24) is 0 Å². The van der Waals surface area contributed by atoms with E-state index >= 15 is 0 Å². The van der Waals surface area contributed by atoms with E-state index in [-0.39, 0.29) is 11.5 Å². The summed E-state index contributed by atoms with van der Waals surface area (Å²) < 4.78 is 0. The Morgan fingerprint density at radius 3 is 2.65 bits per heavy atom. The van der Waals surface area contributed by atoms with E-state index < -0.39 is 0 Å². The number of aliphatic hydroxyl groups is 1. The topological polar surface area (TPSA) is 37.3 Å². The van der Waals surface area contributed by atoms with Gasteiger partial charge in [-0.15, -0.1) is 0 Å². The molecule has 0 bridgehead atoms. The average molecular weight is 316 g/mol. The Labute approximate surface area is 140 Å². The predicted molar refractivity (Wildman–Crippen MR) is 91.9 cm³/mol. The SMILES string of the molecule is CC(=O)C1=CC[C@@H]2[C@H]3CC[C@@H]4C[C@H](O)CC[C@]4(C)[C@@H]3CC[C@]12C. The number of hydrogen-bond acceptors (Lipinski definition) is 2. The molecule has 1 N–H and O–H groups in total. The van der Waals surface area contributed by atoms with Gasteiger partial charge in [0.05, 0.1) is 6.10 Å². The molecule has 0 aromatic rings. The minimum Gasteiger partial charge on any atom is -0.393 e. The van der Waals surface area contributed by atoms with Crippen LogP contribution in [0.5, 0.6) is 0 Å². The largest absolute Gasteiger partial charge is 0.393 e. The summed E-state index contributed by atoms with van der Waals surface area (Å²) in [5, 5.41) is 10.1. The number of aliphatic hydroxyl groups excluding tert-OH is 1. The van der Waals surface area contributed by atoms with Crippen molar-refractivity contribution < 1.29 is 9.90 Å². The molecule has 0 aromatic heterocycles. The molecule has 0 unspecified atom stereocenters. The smallest absolute Gasteiger partial charge is 0.156 e. The van der Waals surface area contributed by atoms with Gasteiger partial charge in [-0.1, -0.05) is 19.9 Å². The quantitative estimate of drug-likeness (QED) is 0.772. The van der Waals surface area contributed by atoms with Crippen LogP contribution >= 0.6 is 0 Å². The van der Waals surface area contributed by atoms with E-state index in [2.05, 4.69) is 19.9 Å². The van der Waals surface area contributed by atoms with Gasteiger partial charge in [-0.05, 0) is 98.4 Å². The minimum absolute atomic E-state index is 0.0593. The van der Waals surface area contributed by atoms with Gasteiger partial charge in [-0.2, -0.15) is 0 Å². The van der Waals surface area contributed by atoms with Gasteiger partial charge < -0.3 is 5.11 Å². The monoisotopic (exact) mass is 316 g/mol. The molecule has 4 rings (SSSR count). The number of allylic oxidation sites excluding steroid dienone is 2. The summed E-state index contributed by atoms with van der Waals surface area (Å²) in [5.41, 5.74) is 1.71. The molecule has 128 valence electrons. The maximum Gasteiger partial charge on any atom is 0.156 e. The Balaban J connectivity index is 1.62. The standard InChI is InChI=1S/C21H32O2/c1-13(22)17-6-7-18-16-5-4-14-12-15(23)8-10-20(14,2)19(16)9-11-21(17,18)3/h6,14-16,18-19,23H,4-5,7-12H2,1-3H3/t14-,15-,16-,18-,19-,20+,21-/m1/s1. The Hall–Kier alpha value is -0.630. The first kappa shape index (κ1) is 15.9. The van der Waals surface area contributed by atoms with Crippen molar-refractivity contribution in [2.45, 2.75) is 78.2 Å². The van der Waals surface area contributed by atoms with Gasteiger partial charge in [-0.3, -0.25) is 4.79 Å². The van der Waals surface area contributed by atoms with E-state index in [1.54, 1.807) is 6.92 Å². The Morgan fingerprint density at radius 2 is 1.91 bits per heavy atom. The molecule has 0 amide bonds. The Morgan fingerprint density at radius 1 is 1.13 bits per heavy atom. The average Bonchev–Trinajstić information content (AvgIpc) is 2.85. The summed E-state index contributed by atoms with van der Waals surface area (Å²) in [6, 6.07) is 0. The summed E-state index contributed by atoms with van der Waals surface area (Å²) in [4.78, 5) is 12.1. The molecule has 4 aliphatic rings. The van der Waals surface area contributed by atoms with Crippen molar-refractivity contribution in [2.75, 3.05) is 0 Å². The van der Waals surface area contributed by atoms with Gasteiger partial charge in [0.25, 0.3) is 0 Å². The van der Waals surface area contributed by atoms with Crippen molar-refractivity contribution in [1.29, 1.82) is 0 Å². The molecule has 0 spiro atoms. The number of carbonyl (C=O) groups is 1. The summed E-state index contributed by atoms with van der Waals surface area (Å²) in [6.07, 6.45) is 11.6. The van der Waals surface area contributed by atoms with Gasteiger partial charge in [0.15, 0.2) is 5.78 Å². The minimum atomic E-state index is -0.0593. The Kier molecular flexibility index (Phi) is 3.58. The molecule has 7 atom stereocenters. The van der Waals surface area contributed by atoms with Crippen LogP contribution in [0.25, 0.3) is 0 Å². The highest BCUT2D eigenvalue weighted by molar-refractivity contribution is 5.95. The zero-order valence-corrected chi connectivity index (χ0v) is 15.0. The fourth-order valence-electron chi connectivity index (χ4n) is 7.35. The third-order valence-corrected chi connectivity index (χ3v) is 8.60. The maximum atomic E-state index is 12.1. The third-order valence-electron chi connectivity index (χ3n) is 8.60. The van der Waals surface area contributed by atoms with Crippen LogP contribution in [0.3, 0.4) is 0 Å². The van der Waals surface area contributed by atoms with Crippen molar-refractivity contribution >= 4 is 5.78 Å². The van der Waals surface area contributed by atoms with Crippen LogP contribution in [0.4, 0.5) is 0 Å². The molecule has 2 heteroatoms. The molecule has 3 fully saturated rings. The number of rotatable bonds is 1. The zero-order valence-electron chi connectivity index (χ0n) is 15.0. The first-order valence-electron chi connectivity index (χ1n) is 9.76. The fourth-order valence-corrected chi connectivity index (χ4v) is 7.35. The van der Waals surface area contributed by atoms with Crippen molar-refractivity contribution in [3.8, 4) is 0 Å². The number of Topliss-reactive ketones (excluding diaryl/α,β-unsaturated/α-hetero) is 1. The second kappa shape index (κ2) is 5.18. The highest BCUT2D eigenvalue weighted by Gasteiger charge is 2.58.